The van der Waals surface area contributed by atoms with E-state index < -0.39 is 0 Å². The molecule has 0 fully saturated rings. The zero-order valence-electron chi connectivity index (χ0n) is 11.3. The van der Waals surface area contributed by atoms with Gasteiger partial charge in [0.05, 0.1) is 12.6 Å². The molecule has 1 aromatic rings. The summed E-state index contributed by atoms with van der Waals surface area (Å²) in [7, 11) is 0. The van der Waals surface area contributed by atoms with Crippen LogP contribution in [0.2, 0.25) is 0 Å². The van der Waals surface area contributed by atoms with Crippen molar-refractivity contribution in [2.75, 3.05) is 19.8 Å². The van der Waals surface area contributed by atoms with Crippen LogP contribution in [0.3, 0.4) is 0 Å². The maximum absolute atomic E-state index is 5.78. The molecule has 1 atom stereocenters. The van der Waals surface area contributed by atoms with Crippen molar-refractivity contribution >= 4 is 0 Å². The smallest absolute Gasteiger partial charge is 0.123 e. The van der Waals surface area contributed by atoms with Crippen molar-refractivity contribution in [3.8, 4) is 0 Å². The Labute approximate surface area is 105 Å². The van der Waals surface area contributed by atoms with E-state index in [0.29, 0.717) is 6.61 Å². The highest BCUT2D eigenvalue weighted by Crippen LogP contribution is 2.17. The van der Waals surface area contributed by atoms with E-state index >= 15 is 0 Å². The Morgan fingerprint density at radius 3 is 2.65 bits per heavy atom. The molecule has 3 heteroatoms. The number of rotatable bonds is 9. The van der Waals surface area contributed by atoms with Gasteiger partial charge in [0.15, 0.2) is 0 Å². The second-order valence-corrected chi connectivity index (χ2v) is 4.24. The monoisotopic (exact) mass is 239 g/mol. The first-order valence-corrected chi connectivity index (χ1v) is 6.71. The highest BCUT2D eigenvalue weighted by Gasteiger charge is 2.14. The summed E-state index contributed by atoms with van der Waals surface area (Å²) in [6, 6.07) is 4.29. The summed E-state index contributed by atoms with van der Waals surface area (Å²) in [6.07, 6.45) is 3.11. The van der Waals surface area contributed by atoms with Crippen molar-refractivity contribution in [2.24, 2.45) is 0 Å². The van der Waals surface area contributed by atoms with E-state index in [9.17, 15) is 0 Å². The molecule has 17 heavy (non-hydrogen) atoms. The van der Waals surface area contributed by atoms with E-state index in [0.717, 1.165) is 43.9 Å². The Hall–Kier alpha value is -0.800. The molecule has 3 nitrogen and oxygen atoms in total. The maximum atomic E-state index is 5.78. The fourth-order valence-corrected chi connectivity index (χ4v) is 1.68. The molecule has 0 spiro atoms. The number of aryl methyl sites for hydroxylation is 1. The normalized spacial score (nSPS) is 12.9. The summed E-state index contributed by atoms with van der Waals surface area (Å²) in [5.41, 5.74) is 0. The molecular weight excluding hydrogens is 214 g/mol. The summed E-state index contributed by atoms with van der Waals surface area (Å²) in [6.45, 7) is 8.87. The topological polar surface area (TPSA) is 34.4 Å². The SMILES string of the molecule is CCCNC(COCCC)c1ccc(CC)o1. The summed E-state index contributed by atoms with van der Waals surface area (Å²) in [5.74, 6) is 2.03. The van der Waals surface area contributed by atoms with Gasteiger partial charge in [-0.3, -0.25) is 0 Å². The standard InChI is InChI=1S/C14H25NO2/c1-4-9-15-13(11-16-10-5-2)14-8-7-12(6-3)17-14/h7-8,13,15H,4-6,9-11H2,1-3H3. The van der Waals surface area contributed by atoms with Crippen LogP contribution in [0.25, 0.3) is 0 Å². The highest BCUT2D eigenvalue weighted by molar-refractivity contribution is 5.10. The van der Waals surface area contributed by atoms with Crippen molar-refractivity contribution in [1.29, 1.82) is 0 Å². The van der Waals surface area contributed by atoms with Gasteiger partial charge in [-0.15, -0.1) is 0 Å². The van der Waals surface area contributed by atoms with Gasteiger partial charge in [0.25, 0.3) is 0 Å². The first-order valence-electron chi connectivity index (χ1n) is 6.71. The lowest BCUT2D eigenvalue weighted by atomic mass is 10.2. The minimum atomic E-state index is 0.182. The van der Waals surface area contributed by atoms with Crippen molar-refractivity contribution in [2.45, 2.75) is 46.1 Å². The first-order chi connectivity index (χ1) is 8.31. The predicted octanol–water partition coefficient (Wildman–Crippen LogP) is 3.31. The lowest BCUT2D eigenvalue weighted by Gasteiger charge is -2.16. The number of furan rings is 1. The van der Waals surface area contributed by atoms with Gasteiger partial charge in [0.1, 0.15) is 11.5 Å². The Kier molecular flexibility index (Phi) is 6.97. The van der Waals surface area contributed by atoms with E-state index in [1.54, 1.807) is 0 Å². The van der Waals surface area contributed by atoms with Gasteiger partial charge in [0.2, 0.25) is 0 Å². The molecule has 1 heterocycles. The van der Waals surface area contributed by atoms with Crippen molar-refractivity contribution < 1.29 is 9.15 Å². The van der Waals surface area contributed by atoms with Gasteiger partial charge in [-0.1, -0.05) is 20.8 Å². The third-order valence-corrected chi connectivity index (χ3v) is 2.65. The van der Waals surface area contributed by atoms with Crippen molar-refractivity contribution in [3.05, 3.63) is 23.7 Å². The van der Waals surface area contributed by atoms with Gasteiger partial charge in [-0.05, 0) is 31.5 Å². The zero-order chi connectivity index (χ0) is 12.5. The summed E-state index contributed by atoms with van der Waals surface area (Å²) in [4.78, 5) is 0. The van der Waals surface area contributed by atoms with E-state index in [4.69, 9.17) is 9.15 Å². The summed E-state index contributed by atoms with van der Waals surface area (Å²) in [5, 5.41) is 3.46. The van der Waals surface area contributed by atoms with Crippen molar-refractivity contribution in [1.82, 2.24) is 5.32 Å². The molecule has 0 aliphatic rings. The molecule has 0 aliphatic carbocycles. The van der Waals surface area contributed by atoms with E-state index in [1.807, 2.05) is 0 Å². The predicted molar refractivity (Wildman–Crippen MR) is 70.2 cm³/mol. The molecule has 1 N–H and O–H groups in total. The van der Waals surface area contributed by atoms with E-state index in [-0.39, 0.29) is 6.04 Å². The van der Waals surface area contributed by atoms with Crippen LogP contribution >= 0.6 is 0 Å². The van der Waals surface area contributed by atoms with E-state index in [1.165, 1.54) is 0 Å². The van der Waals surface area contributed by atoms with Gasteiger partial charge in [-0.25, -0.2) is 0 Å². The van der Waals surface area contributed by atoms with Gasteiger partial charge >= 0.3 is 0 Å². The molecule has 1 aromatic heterocycles. The van der Waals surface area contributed by atoms with Gasteiger partial charge in [-0.2, -0.15) is 0 Å². The fraction of sp³-hybridized carbons (Fsp3) is 0.714. The molecule has 0 aliphatic heterocycles. The molecule has 98 valence electrons. The molecule has 1 unspecified atom stereocenters. The summed E-state index contributed by atoms with van der Waals surface area (Å²) < 4.78 is 11.4. The highest BCUT2D eigenvalue weighted by atomic mass is 16.5. The average Bonchev–Trinajstić information content (AvgIpc) is 2.82. The quantitative estimate of drug-likeness (QED) is 0.671. The largest absolute Gasteiger partial charge is 0.464 e. The molecule has 0 saturated carbocycles. The van der Waals surface area contributed by atoms with Crippen LogP contribution in [0.15, 0.2) is 16.5 Å². The molecular formula is C14H25NO2. The second kappa shape index (κ2) is 8.31. The van der Waals surface area contributed by atoms with Gasteiger partial charge in [0, 0.05) is 13.0 Å². The lowest BCUT2D eigenvalue weighted by Crippen LogP contribution is -2.26. The van der Waals surface area contributed by atoms with Crippen LogP contribution in [0.5, 0.6) is 0 Å². The first kappa shape index (κ1) is 14.3. The molecule has 0 bridgehead atoms. The minimum absolute atomic E-state index is 0.182. The van der Waals surface area contributed by atoms with Gasteiger partial charge < -0.3 is 14.5 Å². The van der Waals surface area contributed by atoms with Crippen LogP contribution in [0.1, 0.15) is 51.2 Å². The van der Waals surface area contributed by atoms with Crippen LogP contribution < -0.4 is 5.32 Å². The minimum Gasteiger partial charge on any atom is -0.464 e. The van der Waals surface area contributed by atoms with Crippen LogP contribution in [-0.4, -0.2) is 19.8 Å². The third kappa shape index (κ3) is 4.92. The van der Waals surface area contributed by atoms with Crippen molar-refractivity contribution in [3.63, 3.8) is 0 Å². The molecule has 0 radical (unpaired) electrons. The maximum Gasteiger partial charge on any atom is 0.123 e. The van der Waals surface area contributed by atoms with E-state index in [2.05, 4.69) is 38.2 Å². The van der Waals surface area contributed by atoms with Crippen LogP contribution in [0.4, 0.5) is 0 Å². The Morgan fingerprint density at radius 1 is 1.24 bits per heavy atom. The molecule has 0 aromatic carbocycles. The average molecular weight is 239 g/mol. The molecule has 1 rings (SSSR count). The Balaban J connectivity index is 2.54. The zero-order valence-corrected chi connectivity index (χ0v) is 11.3. The number of hydrogen-bond acceptors (Lipinski definition) is 3. The van der Waals surface area contributed by atoms with Crippen LogP contribution in [-0.2, 0) is 11.2 Å². The summed E-state index contributed by atoms with van der Waals surface area (Å²) >= 11 is 0. The number of nitrogens with one attached hydrogen (secondary N) is 1. The Bertz CT molecular complexity index is 296. The molecule has 0 saturated heterocycles. The fourth-order valence-electron chi connectivity index (χ4n) is 1.68. The number of ether oxygens (including phenoxy) is 1. The Morgan fingerprint density at radius 2 is 2.06 bits per heavy atom. The molecule has 0 amide bonds. The van der Waals surface area contributed by atoms with Crippen LogP contribution in [0, 0.1) is 0 Å². The lowest BCUT2D eigenvalue weighted by molar-refractivity contribution is 0.105. The number of hydrogen-bond donors (Lipinski definition) is 1. The third-order valence-electron chi connectivity index (χ3n) is 2.65. The second-order valence-electron chi connectivity index (χ2n) is 4.24.